The lowest BCUT2D eigenvalue weighted by Gasteiger charge is -2.16. The van der Waals surface area contributed by atoms with Gasteiger partial charge in [0.05, 0.1) is 12.9 Å². The lowest BCUT2D eigenvalue weighted by Crippen LogP contribution is -2.43. The first-order valence-corrected chi connectivity index (χ1v) is 9.00. The minimum atomic E-state index is -1.43. The number of halogens is 2. The number of nitrogens with zero attached hydrogens (tertiary/aromatic N) is 5. The summed E-state index contributed by atoms with van der Waals surface area (Å²) in [5.41, 5.74) is 4.43. The van der Waals surface area contributed by atoms with Crippen molar-refractivity contribution < 1.29 is 19.3 Å². The average Bonchev–Trinajstić information content (AvgIpc) is 3.20. The summed E-state index contributed by atoms with van der Waals surface area (Å²) in [6.45, 7) is -0.400. The van der Waals surface area contributed by atoms with Crippen molar-refractivity contribution in [3.8, 4) is 0 Å². The highest BCUT2D eigenvalue weighted by Gasteiger charge is 2.44. The number of nitrogen functional groups attached to an aromatic ring is 1. The molecule has 12 nitrogen and oxygen atoms in total. The molecule has 148 valence electrons. The summed E-state index contributed by atoms with van der Waals surface area (Å²) < 4.78 is 20.9. The first kappa shape index (κ1) is 18.9. The number of ether oxygens (including phenoxy) is 1. The summed E-state index contributed by atoms with van der Waals surface area (Å²) in [5.74, 6) is -0.910. The van der Waals surface area contributed by atoms with E-state index in [-0.39, 0.29) is 20.6 Å². The molecule has 4 atom stereocenters. The largest absolute Gasteiger partial charge is 0.387 e. The smallest absolute Gasteiger partial charge is 0.330 e. The monoisotopic (exact) mass is 505 g/mol. The van der Waals surface area contributed by atoms with Gasteiger partial charge < -0.3 is 20.7 Å². The minimum Gasteiger partial charge on any atom is -0.387 e. The third kappa shape index (κ3) is 2.88. The Kier molecular flexibility index (Phi) is 4.64. The molecular formula is C14H13FIN7O5. The standard InChI is InChI=1S/C14H13FIN7O5/c15-9-5(16)12(26)22(14(27)21-9)1-4-7(24)8(25)13(28-4)23-3-20-6-10(17)18-2-19-11(6)23/h2-4,7-8,13,24-25H,1H2,(H,21,27)(H2,17,18,19)/t4-,7-,8-,13-/m1/s1. The van der Waals surface area contributed by atoms with Gasteiger partial charge in [-0.2, -0.15) is 4.39 Å². The van der Waals surface area contributed by atoms with Crippen LogP contribution in [-0.2, 0) is 11.3 Å². The first-order chi connectivity index (χ1) is 13.3. The number of aliphatic hydroxyl groups excluding tert-OH is 2. The fourth-order valence-electron chi connectivity index (χ4n) is 3.03. The number of aliphatic hydroxyl groups is 2. The van der Waals surface area contributed by atoms with Crippen LogP contribution in [0.15, 0.2) is 22.2 Å². The van der Waals surface area contributed by atoms with Crippen molar-refractivity contribution in [2.75, 3.05) is 5.73 Å². The van der Waals surface area contributed by atoms with Crippen LogP contribution < -0.4 is 17.0 Å². The van der Waals surface area contributed by atoms with E-state index < -0.39 is 48.3 Å². The SMILES string of the molecule is Nc1ncnc2c1ncn2[C@@H]1O[C@H](Cn2c(=O)[nH]c(F)c(I)c2=O)[C@@H](O)[C@H]1O. The molecule has 0 unspecified atom stereocenters. The van der Waals surface area contributed by atoms with E-state index >= 15 is 0 Å². The molecule has 4 rings (SSSR count). The van der Waals surface area contributed by atoms with E-state index in [1.807, 2.05) is 4.98 Å². The van der Waals surface area contributed by atoms with Crippen molar-refractivity contribution in [1.82, 2.24) is 29.1 Å². The summed E-state index contributed by atoms with van der Waals surface area (Å²) >= 11 is 1.46. The second-order valence-corrected chi connectivity index (χ2v) is 7.18. The Morgan fingerprint density at radius 1 is 1.29 bits per heavy atom. The van der Waals surface area contributed by atoms with Crippen LogP contribution in [0.4, 0.5) is 10.2 Å². The van der Waals surface area contributed by atoms with Gasteiger partial charge in [-0.15, -0.1) is 0 Å². The van der Waals surface area contributed by atoms with E-state index in [4.69, 9.17) is 10.5 Å². The number of aromatic nitrogens is 6. The van der Waals surface area contributed by atoms with E-state index in [0.29, 0.717) is 4.57 Å². The molecule has 1 aliphatic rings. The van der Waals surface area contributed by atoms with Crippen molar-refractivity contribution in [2.45, 2.75) is 31.1 Å². The Labute approximate surface area is 168 Å². The maximum atomic E-state index is 13.5. The fraction of sp³-hybridized carbons (Fsp3) is 0.357. The molecule has 0 aliphatic carbocycles. The first-order valence-electron chi connectivity index (χ1n) is 7.92. The van der Waals surface area contributed by atoms with Gasteiger partial charge in [0.15, 0.2) is 17.7 Å². The van der Waals surface area contributed by atoms with Gasteiger partial charge in [0, 0.05) is 0 Å². The highest BCUT2D eigenvalue weighted by atomic mass is 127. The van der Waals surface area contributed by atoms with E-state index in [9.17, 15) is 24.2 Å². The van der Waals surface area contributed by atoms with Gasteiger partial charge in [-0.3, -0.25) is 18.9 Å². The molecule has 14 heteroatoms. The molecular weight excluding hydrogens is 492 g/mol. The van der Waals surface area contributed by atoms with Gasteiger partial charge in [0.1, 0.15) is 33.7 Å². The highest BCUT2D eigenvalue weighted by Crippen LogP contribution is 2.32. The number of imidazole rings is 1. The van der Waals surface area contributed by atoms with E-state index in [1.54, 1.807) is 0 Å². The van der Waals surface area contributed by atoms with Crippen LogP contribution in [-0.4, -0.2) is 57.6 Å². The molecule has 0 amide bonds. The third-order valence-corrected chi connectivity index (χ3v) is 5.38. The van der Waals surface area contributed by atoms with Crippen molar-refractivity contribution in [3.05, 3.63) is 43.0 Å². The zero-order chi connectivity index (χ0) is 20.2. The van der Waals surface area contributed by atoms with E-state index in [0.717, 1.165) is 0 Å². The second kappa shape index (κ2) is 6.87. The second-order valence-electron chi connectivity index (χ2n) is 6.10. The number of hydrogen-bond acceptors (Lipinski definition) is 9. The predicted molar refractivity (Wildman–Crippen MR) is 99.7 cm³/mol. The van der Waals surface area contributed by atoms with Crippen LogP contribution >= 0.6 is 22.6 Å². The quantitative estimate of drug-likeness (QED) is 0.240. The van der Waals surface area contributed by atoms with Gasteiger partial charge in [-0.25, -0.2) is 19.7 Å². The number of anilines is 1. The van der Waals surface area contributed by atoms with Gasteiger partial charge in [-0.1, -0.05) is 0 Å². The molecule has 0 bridgehead atoms. The Hall–Kier alpha value is -2.43. The zero-order valence-corrected chi connectivity index (χ0v) is 16.0. The molecule has 0 saturated carbocycles. The lowest BCUT2D eigenvalue weighted by atomic mass is 10.1. The summed E-state index contributed by atoms with van der Waals surface area (Å²) in [6, 6.07) is 0. The summed E-state index contributed by atoms with van der Waals surface area (Å²) in [5, 5.41) is 20.8. The van der Waals surface area contributed by atoms with Crippen molar-refractivity contribution in [2.24, 2.45) is 0 Å². The molecule has 4 heterocycles. The molecule has 3 aromatic rings. The fourth-order valence-corrected chi connectivity index (χ4v) is 3.46. The molecule has 28 heavy (non-hydrogen) atoms. The van der Waals surface area contributed by atoms with Crippen molar-refractivity contribution in [1.29, 1.82) is 0 Å². The summed E-state index contributed by atoms with van der Waals surface area (Å²) in [4.78, 5) is 37.9. The number of rotatable bonds is 3. The van der Waals surface area contributed by atoms with Crippen LogP contribution in [0.2, 0.25) is 0 Å². The topological polar surface area (TPSA) is 174 Å². The zero-order valence-electron chi connectivity index (χ0n) is 13.9. The number of hydrogen-bond donors (Lipinski definition) is 4. The minimum absolute atomic E-state index is 0.132. The Morgan fingerprint density at radius 2 is 2.04 bits per heavy atom. The molecule has 1 aliphatic heterocycles. The predicted octanol–water partition coefficient (Wildman–Crippen LogP) is -1.68. The number of fused-ring (bicyclic) bond motifs is 1. The summed E-state index contributed by atoms with van der Waals surface area (Å²) in [7, 11) is 0. The number of H-pyrrole nitrogens is 1. The highest BCUT2D eigenvalue weighted by molar-refractivity contribution is 14.1. The van der Waals surface area contributed by atoms with Crippen LogP contribution in [0.25, 0.3) is 11.2 Å². The average molecular weight is 505 g/mol. The summed E-state index contributed by atoms with van der Waals surface area (Å²) in [6.07, 6.45) is -2.54. The number of nitrogens with one attached hydrogen (secondary N) is 1. The van der Waals surface area contributed by atoms with Gasteiger partial charge in [0.2, 0.25) is 5.95 Å². The van der Waals surface area contributed by atoms with Gasteiger partial charge in [0.25, 0.3) is 5.56 Å². The van der Waals surface area contributed by atoms with Gasteiger partial charge >= 0.3 is 5.69 Å². The van der Waals surface area contributed by atoms with E-state index in [2.05, 4.69) is 15.0 Å². The van der Waals surface area contributed by atoms with Crippen molar-refractivity contribution in [3.63, 3.8) is 0 Å². The molecule has 5 N–H and O–H groups in total. The lowest BCUT2D eigenvalue weighted by molar-refractivity contribution is -0.0399. The number of aromatic amines is 1. The molecule has 1 fully saturated rings. The molecule has 1 saturated heterocycles. The van der Waals surface area contributed by atoms with Crippen LogP contribution in [0.5, 0.6) is 0 Å². The molecule has 3 aromatic heterocycles. The molecule has 0 radical (unpaired) electrons. The Balaban J connectivity index is 1.67. The van der Waals surface area contributed by atoms with Gasteiger partial charge in [-0.05, 0) is 22.6 Å². The normalized spacial score (nSPS) is 24.9. The van der Waals surface area contributed by atoms with Crippen LogP contribution in [0.1, 0.15) is 6.23 Å². The molecule has 0 aromatic carbocycles. The maximum Gasteiger partial charge on any atom is 0.330 e. The van der Waals surface area contributed by atoms with Crippen LogP contribution in [0, 0.1) is 9.52 Å². The molecule has 0 spiro atoms. The third-order valence-electron chi connectivity index (χ3n) is 4.45. The maximum absolute atomic E-state index is 13.5. The number of nitrogens with two attached hydrogens (primary N) is 1. The Bertz CT molecular complexity index is 1180. The van der Waals surface area contributed by atoms with Crippen molar-refractivity contribution >= 4 is 39.6 Å². The van der Waals surface area contributed by atoms with E-state index in [1.165, 1.54) is 39.8 Å². The Morgan fingerprint density at radius 3 is 2.79 bits per heavy atom. The van der Waals surface area contributed by atoms with Crippen LogP contribution in [0.3, 0.4) is 0 Å².